The molecule has 0 aliphatic carbocycles. The molecule has 0 aliphatic rings. The van der Waals surface area contributed by atoms with E-state index in [-0.39, 0.29) is 0 Å². The Balaban J connectivity index is 4.06. The van der Waals surface area contributed by atoms with Crippen LogP contribution in [0, 0.1) is 0 Å². The Labute approximate surface area is 134 Å². The van der Waals surface area contributed by atoms with Crippen molar-refractivity contribution in [2.75, 3.05) is 6.61 Å². The SMILES string of the molecule is C[Si](C)(C)CC[Si](C)(C)CC[Si](C)(C)CCCOC(=O)O. The molecule has 0 saturated heterocycles. The molecule has 0 unspecified atom stereocenters. The number of rotatable bonds is 10. The van der Waals surface area contributed by atoms with Crippen LogP contribution in [0.15, 0.2) is 0 Å². The van der Waals surface area contributed by atoms with E-state index in [2.05, 4.69) is 50.6 Å². The third-order valence-electron chi connectivity index (χ3n) is 4.25. The molecule has 0 saturated carbocycles. The fourth-order valence-electron chi connectivity index (χ4n) is 2.35. The molecule has 0 amide bonds. The molecule has 0 aromatic carbocycles. The lowest BCUT2D eigenvalue weighted by molar-refractivity contribution is 0.0917. The van der Waals surface area contributed by atoms with Gasteiger partial charge in [0.2, 0.25) is 0 Å². The molecule has 0 atom stereocenters. The van der Waals surface area contributed by atoms with Gasteiger partial charge in [-0.2, -0.15) is 0 Å². The van der Waals surface area contributed by atoms with Crippen molar-refractivity contribution in [1.82, 2.24) is 0 Å². The fourth-order valence-corrected chi connectivity index (χ4v) is 15.1. The van der Waals surface area contributed by atoms with Crippen molar-refractivity contribution in [3.05, 3.63) is 0 Å². The standard InChI is InChI=1S/C15H36O3Si3/c1-19(2,3)11-12-21(6,7)14-13-20(4,5)10-8-9-18-15(16)17/h8-14H2,1-7H3,(H,16,17). The van der Waals surface area contributed by atoms with Crippen LogP contribution in [0.4, 0.5) is 4.79 Å². The molecule has 0 radical (unpaired) electrons. The van der Waals surface area contributed by atoms with Crippen LogP contribution in [0.2, 0.25) is 76.0 Å². The van der Waals surface area contributed by atoms with Gasteiger partial charge >= 0.3 is 6.16 Å². The van der Waals surface area contributed by atoms with Gasteiger partial charge in [0.1, 0.15) is 0 Å². The zero-order valence-electron chi connectivity index (χ0n) is 15.2. The lowest BCUT2D eigenvalue weighted by Gasteiger charge is -2.30. The smallest absolute Gasteiger partial charge is 0.450 e. The van der Waals surface area contributed by atoms with Gasteiger partial charge in [-0.15, -0.1) is 0 Å². The predicted molar refractivity (Wildman–Crippen MR) is 101 cm³/mol. The molecule has 0 aliphatic heterocycles. The maximum absolute atomic E-state index is 10.3. The molecule has 0 heterocycles. The molecule has 0 spiro atoms. The number of hydrogen-bond donors (Lipinski definition) is 1. The molecule has 6 heteroatoms. The Kier molecular flexibility index (Phi) is 8.49. The van der Waals surface area contributed by atoms with Gasteiger partial charge in [0.15, 0.2) is 0 Å². The summed E-state index contributed by atoms with van der Waals surface area (Å²) < 4.78 is 4.61. The van der Waals surface area contributed by atoms with Gasteiger partial charge in [-0.25, -0.2) is 4.79 Å². The first kappa shape index (κ1) is 20.9. The second-order valence-corrected chi connectivity index (χ2v) is 25.4. The van der Waals surface area contributed by atoms with Crippen molar-refractivity contribution in [3.8, 4) is 0 Å². The van der Waals surface area contributed by atoms with Gasteiger partial charge in [0.25, 0.3) is 0 Å². The molecule has 0 rings (SSSR count). The molecule has 0 fully saturated rings. The molecule has 126 valence electrons. The van der Waals surface area contributed by atoms with Crippen LogP contribution < -0.4 is 0 Å². The quantitative estimate of drug-likeness (QED) is 0.307. The zero-order chi connectivity index (χ0) is 16.7. The summed E-state index contributed by atoms with van der Waals surface area (Å²) in [5.74, 6) is 0. The van der Waals surface area contributed by atoms with Gasteiger partial charge in [-0.1, -0.05) is 76.0 Å². The molecular formula is C15H36O3Si3. The predicted octanol–water partition coefficient (Wildman–Crippen LogP) is 5.83. The summed E-state index contributed by atoms with van der Waals surface area (Å²) in [7, 11) is -3.14. The monoisotopic (exact) mass is 348 g/mol. The van der Waals surface area contributed by atoms with Crippen molar-refractivity contribution in [1.29, 1.82) is 0 Å². The minimum Gasteiger partial charge on any atom is -0.450 e. The third kappa shape index (κ3) is 13.3. The Bertz CT molecular complexity index is 323. The Morgan fingerprint density at radius 3 is 1.67 bits per heavy atom. The highest BCUT2D eigenvalue weighted by molar-refractivity contribution is 6.84. The highest BCUT2D eigenvalue weighted by Crippen LogP contribution is 2.29. The summed E-state index contributed by atoms with van der Waals surface area (Å²) in [5, 5.41) is 8.48. The topological polar surface area (TPSA) is 46.5 Å². The van der Waals surface area contributed by atoms with E-state index in [9.17, 15) is 4.79 Å². The van der Waals surface area contributed by atoms with Gasteiger partial charge in [-0.3, -0.25) is 0 Å². The molecular weight excluding hydrogens is 312 g/mol. The van der Waals surface area contributed by atoms with E-state index in [1.165, 1.54) is 30.2 Å². The van der Waals surface area contributed by atoms with Crippen molar-refractivity contribution in [3.63, 3.8) is 0 Å². The van der Waals surface area contributed by atoms with E-state index in [4.69, 9.17) is 5.11 Å². The van der Waals surface area contributed by atoms with Crippen molar-refractivity contribution >= 4 is 30.4 Å². The molecule has 3 nitrogen and oxygen atoms in total. The molecule has 0 aromatic rings. The molecule has 21 heavy (non-hydrogen) atoms. The first-order valence-electron chi connectivity index (χ1n) is 8.19. The number of carbonyl (C=O) groups is 1. The summed E-state index contributed by atoms with van der Waals surface area (Å²) >= 11 is 0. The third-order valence-corrected chi connectivity index (χ3v) is 13.5. The summed E-state index contributed by atoms with van der Waals surface area (Å²) in [5.41, 5.74) is 0. The minimum atomic E-state index is -1.19. The Hall–Kier alpha value is -0.0794. The second-order valence-electron chi connectivity index (χ2n) is 9.11. The average Bonchev–Trinajstić information content (AvgIpc) is 2.30. The van der Waals surface area contributed by atoms with Crippen LogP contribution in [0.3, 0.4) is 0 Å². The maximum atomic E-state index is 10.3. The van der Waals surface area contributed by atoms with Gasteiger partial charge in [0, 0.05) is 24.2 Å². The van der Waals surface area contributed by atoms with Gasteiger partial charge < -0.3 is 9.84 Å². The van der Waals surface area contributed by atoms with E-state index in [0.717, 1.165) is 6.42 Å². The van der Waals surface area contributed by atoms with Crippen molar-refractivity contribution in [2.24, 2.45) is 0 Å². The summed E-state index contributed by atoms with van der Waals surface area (Å²) in [6.07, 6.45) is -0.253. The molecule has 1 N–H and O–H groups in total. The van der Waals surface area contributed by atoms with Crippen LogP contribution in [0.25, 0.3) is 0 Å². The number of ether oxygens (including phenoxy) is 1. The lowest BCUT2D eigenvalue weighted by atomic mass is 10.5. The Morgan fingerprint density at radius 1 is 0.810 bits per heavy atom. The highest BCUT2D eigenvalue weighted by atomic mass is 28.3. The largest absolute Gasteiger partial charge is 0.505 e. The van der Waals surface area contributed by atoms with E-state index in [1.807, 2.05) is 0 Å². The first-order chi connectivity index (χ1) is 9.33. The van der Waals surface area contributed by atoms with Crippen LogP contribution in [0.1, 0.15) is 6.42 Å². The van der Waals surface area contributed by atoms with Crippen LogP contribution in [-0.4, -0.2) is 42.1 Å². The van der Waals surface area contributed by atoms with Gasteiger partial charge in [-0.05, 0) is 6.42 Å². The van der Waals surface area contributed by atoms with E-state index in [0.29, 0.717) is 6.61 Å². The van der Waals surface area contributed by atoms with Crippen molar-refractivity contribution in [2.45, 2.75) is 82.5 Å². The molecule has 0 bridgehead atoms. The summed E-state index contributed by atoms with van der Waals surface area (Å²) in [6.45, 7) is 17.8. The van der Waals surface area contributed by atoms with Crippen LogP contribution in [-0.2, 0) is 4.74 Å². The fraction of sp³-hybridized carbons (Fsp3) is 0.933. The number of hydrogen-bond acceptors (Lipinski definition) is 2. The highest BCUT2D eigenvalue weighted by Gasteiger charge is 2.28. The van der Waals surface area contributed by atoms with Crippen LogP contribution in [0.5, 0.6) is 0 Å². The summed E-state index contributed by atoms with van der Waals surface area (Å²) in [6, 6.07) is 6.97. The van der Waals surface area contributed by atoms with Crippen LogP contribution >= 0.6 is 0 Å². The summed E-state index contributed by atoms with van der Waals surface area (Å²) in [4.78, 5) is 10.3. The normalized spacial score (nSPS) is 13.3. The average molecular weight is 349 g/mol. The van der Waals surface area contributed by atoms with Crippen molar-refractivity contribution < 1.29 is 14.6 Å². The molecule has 0 aromatic heterocycles. The maximum Gasteiger partial charge on any atom is 0.505 e. The minimum absolute atomic E-state index is 0.363. The number of carboxylic acid groups (broad SMARTS) is 1. The lowest BCUT2D eigenvalue weighted by Crippen LogP contribution is -2.34. The van der Waals surface area contributed by atoms with E-state index >= 15 is 0 Å². The second kappa shape index (κ2) is 8.53. The zero-order valence-corrected chi connectivity index (χ0v) is 18.2. The van der Waals surface area contributed by atoms with E-state index < -0.39 is 30.4 Å². The Morgan fingerprint density at radius 2 is 1.24 bits per heavy atom. The van der Waals surface area contributed by atoms with Gasteiger partial charge in [0.05, 0.1) is 6.61 Å². The first-order valence-corrected chi connectivity index (χ1v) is 18.7. The van der Waals surface area contributed by atoms with E-state index in [1.54, 1.807) is 0 Å².